The van der Waals surface area contributed by atoms with Gasteiger partial charge in [0.2, 0.25) is 17.7 Å². The first-order valence-electron chi connectivity index (χ1n) is 15.5. The highest BCUT2D eigenvalue weighted by Gasteiger charge is 2.78. The zero-order chi connectivity index (χ0) is 31.9. The molecular weight excluding hydrogens is 588 g/mol. The summed E-state index contributed by atoms with van der Waals surface area (Å²) in [6.07, 6.45) is 5.13. The summed E-state index contributed by atoms with van der Waals surface area (Å²) in [5.74, 6) is -1.98. The van der Waals surface area contributed by atoms with Crippen LogP contribution in [0, 0.1) is 11.8 Å². The summed E-state index contributed by atoms with van der Waals surface area (Å²) in [6, 6.07) is 15.5. The number of rotatable bonds is 12. The first kappa shape index (κ1) is 31.0. The highest BCUT2D eigenvalue weighted by atomic mass is 32.2. The molecule has 3 amide bonds. The van der Waals surface area contributed by atoms with Crippen LogP contribution in [0.3, 0.4) is 0 Å². The van der Waals surface area contributed by atoms with E-state index in [1.807, 2.05) is 61.5 Å². The Bertz CT molecular complexity index is 1620. The largest absolute Gasteiger partial charge is 0.394 e. The molecule has 0 aliphatic carbocycles. The van der Waals surface area contributed by atoms with E-state index in [-0.39, 0.29) is 37.5 Å². The average molecular weight is 629 g/mol. The van der Waals surface area contributed by atoms with Crippen molar-refractivity contribution in [1.82, 2.24) is 24.8 Å². The van der Waals surface area contributed by atoms with Gasteiger partial charge in [-0.2, -0.15) is 0 Å². The number of aromatic nitrogens is 3. The SMILES string of the molecule is C=CCN(Cn1nnc2ccccc21)C(=O)C1N([C@@H](CC)CO)C(=O)[C@@H]2[C@@H](C(=O)N(CC=C)c3ccccc3)[C@@]3(C)CCC12S3. The second-order valence-corrected chi connectivity index (χ2v) is 14.3. The molecule has 6 rings (SSSR count). The molecule has 1 aromatic heterocycles. The first-order chi connectivity index (χ1) is 21.7. The van der Waals surface area contributed by atoms with Gasteiger partial charge >= 0.3 is 0 Å². The number of nitrogens with zero attached hydrogens (tertiary/aromatic N) is 6. The standard InChI is InChI=1S/C34H40N6O4S/c1-5-19-37(22-39-26-16-12-11-15-25(26)35-36-39)32(44)29-34-18-17-33(4,45-34)27(28(34)31(43)40(29)23(7-3)21-41)30(42)38(20-6-2)24-13-9-8-10-14-24/h5-6,8-16,23,27-29,41H,1-2,7,17-22H2,3-4H3/t23-,27-,28-,29?,33+,34?/m0/s1. The van der Waals surface area contributed by atoms with Crippen molar-refractivity contribution in [1.29, 1.82) is 0 Å². The summed E-state index contributed by atoms with van der Waals surface area (Å²) in [7, 11) is 0. The molecule has 6 atom stereocenters. The van der Waals surface area contributed by atoms with Crippen molar-refractivity contribution in [3.63, 3.8) is 0 Å². The van der Waals surface area contributed by atoms with Crippen LogP contribution in [-0.4, -0.2) is 88.9 Å². The third-order valence-corrected chi connectivity index (χ3v) is 11.8. The molecule has 0 saturated carbocycles. The van der Waals surface area contributed by atoms with Crippen molar-refractivity contribution in [3.05, 3.63) is 79.9 Å². The lowest BCUT2D eigenvalue weighted by molar-refractivity contribution is -0.146. The Labute approximate surface area is 267 Å². The maximum Gasteiger partial charge on any atom is 0.248 e. The average Bonchev–Trinajstić information content (AvgIpc) is 3.76. The van der Waals surface area contributed by atoms with Gasteiger partial charge in [-0.25, -0.2) is 4.68 Å². The fourth-order valence-electron chi connectivity index (χ4n) is 7.78. The van der Waals surface area contributed by atoms with E-state index in [0.29, 0.717) is 31.3 Å². The smallest absolute Gasteiger partial charge is 0.248 e. The number of carbonyl (C=O) groups is 3. The molecule has 11 heteroatoms. The Morgan fingerprint density at radius 2 is 1.80 bits per heavy atom. The first-order valence-corrected chi connectivity index (χ1v) is 16.3. The number of para-hydroxylation sites is 2. The number of aliphatic hydroxyl groups excluding tert-OH is 1. The van der Waals surface area contributed by atoms with Crippen LogP contribution >= 0.6 is 11.8 Å². The van der Waals surface area contributed by atoms with Crippen LogP contribution in [0.5, 0.6) is 0 Å². The summed E-state index contributed by atoms with van der Waals surface area (Å²) in [5, 5.41) is 19.0. The van der Waals surface area contributed by atoms with Gasteiger partial charge in [-0.15, -0.1) is 30.0 Å². The minimum Gasteiger partial charge on any atom is -0.394 e. The number of anilines is 1. The summed E-state index contributed by atoms with van der Waals surface area (Å²) in [6.45, 7) is 12.1. The van der Waals surface area contributed by atoms with Gasteiger partial charge in [0.25, 0.3) is 0 Å². The highest BCUT2D eigenvalue weighted by Crippen LogP contribution is 2.72. The van der Waals surface area contributed by atoms with Crippen LogP contribution in [0.2, 0.25) is 0 Å². The van der Waals surface area contributed by atoms with Crippen LogP contribution in [-0.2, 0) is 21.1 Å². The van der Waals surface area contributed by atoms with Crippen molar-refractivity contribution in [2.75, 3.05) is 24.6 Å². The predicted molar refractivity (Wildman–Crippen MR) is 175 cm³/mol. The molecule has 3 aliphatic heterocycles. The quantitative estimate of drug-likeness (QED) is 0.303. The van der Waals surface area contributed by atoms with E-state index < -0.39 is 33.4 Å². The van der Waals surface area contributed by atoms with E-state index in [1.165, 1.54) is 0 Å². The maximum absolute atomic E-state index is 14.9. The van der Waals surface area contributed by atoms with Crippen LogP contribution in [0.15, 0.2) is 79.9 Å². The summed E-state index contributed by atoms with van der Waals surface area (Å²) < 4.78 is 0.311. The van der Waals surface area contributed by atoms with Gasteiger partial charge in [0, 0.05) is 23.5 Å². The molecule has 236 valence electrons. The van der Waals surface area contributed by atoms with Crippen molar-refractivity contribution in [3.8, 4) is 0 Å². The van der Waals surface area contributed by atoms with E-state index in [0.717, 1.165) is 11.2 Å². The number of thioether (sulfide) groups is 1. The topological polar surface area (TPSA) is 112 Å². The number of benzene rings is 2. The molecule has 2 unspecified atom stereocenters. The van der Waals surface area contributed by atoms with Crippen molar-refractivity contribution in [2.45, 2.75) is 61.4 Å². The summed E-state index contributed by atoms with van der Waals surface area (Å²) >= 11 is 1.62. The fraction of sp³-hybridized carbons (Fsp3) is 0.441. The molecule has 3 aromatic rings. The second-order valence-electron chi connectivity index (χ2n) is 12.4. The number of hydrogen-bond donors (Lipinski definition) is 1. The van der Waals surface area contributed by atoms with Crippen LogP contribution in [0.4, 0.5) is 5.69 Å². The third kappa shape index (κ3) is 4.87. The van der Waals surface area contributed by atoms with Gasteiger partial charge in [0.1, 0.15) is 18.2 Å². The maximum atomic E-state index is 14.9. The molecule has 3 fully saturated rings. The van der Waals surface area contributed by atoms with E-state index >= 15 is 0 Å². The Kier molecular flexibility index (Phi) is 8.34. The molecule has 0 radical (unpaired) electrons. The van der Waals surface area contributed by atoms with E-state index in [4.69, 9.17) is 0 Å². The molecule has 4 heterocycles. The molecule has 3 saturated heterocycles. The molecular formula is C34H40N6O4S. The number of hydrogen-bond acceptors (Lipinski definition) is 7. The number of likely N-dealkylation sites (tertiary alicyclic amines) is 1. The molecule has 2 bridgehead atoms. The highest BCUT2D eigenvalue weighted by molar-refractivity contribution is 8.02. The second kappa shape index (κ2) is 12.1. The molecule has 45 heavy (non-hydrogen) atoms. The lowest BCUT2D eigenvalue weighted by Crippen LogP contribution is -2.57. The van der Waals surface area contributed by atoms with Gasteiger partial charge in [-0.05, 0) is 50.5 Å². The summed E-state index contributed by atoms with van der Waals surface area (Å²) in [4.78, 5) is 49.1. The molecule has 2 aromatic carbocycles. The monoisotopic (exact) mass is 628 g/mol. The van der Waals surface area contributed by atoms with E-state index in [1.54, 1.807) is 43.3 Å². The number of amides is 3. The number of aliphatic hydroxyl groups is 1. The van der Waals surface area contributed by atoms with Crippen LogP contribution in [0.1, 0.15) is 33.1 Å². The Hall–Kier alpha value is -3.96. The van der Waals surface area contributed by atoms with Gasteiger partial charge in [0.05, 0.1) is 34.7 Å². The molecule has 3 aliphatic rings. The minimum absolute atomic E-state index is 0.117. The Morgan fingerprint density at radius 3 is 2.49 bits per heavy atom. The summed E-state index contributed by atoms with van der Waals surface area (Å²) in [5.41, 5.74) is 2.24. The van der Waals surface area contributed by atoms with Gasteiger partial charge in [-0.3, -0.25) is 14.4 Å². The third-order valence-electron chi connectivity index (χ3n) is 9.82. The fourth-order valence-corrected chi connectivity index (χ4v) is 10.1. The Balaban J connectivity index is 1.42. The normalized spacial score (nSPS) is 27.4. The van der Waals surface area contributed by atoms with Crippen LogP contribution < -0.4 is 4.90 Å². The number of fused-ring (bicyclic) bond motifs is 2. The van der Waals surface area contributed by atoms with Gasteiger partial charge in [0.15, 0.2) is 0 Å². The van der Waals surface area contributed by atoms with Crippen molar-refractivity contribution in [2.24, 2.45) is 11.8 Å². The minimum atomic E-state index is -0.865. The van der Waals surface area contributed by atoms with E-state index in [2.05, 4.69) is 30.4 Å². The van der Waals surface area contributed by atoms with Gasteiger partial charge in [-0.1, -0.05) is 54.6 Å². The molecule has 10 nitrogen and oxygen atoms in total. The zero-order valence-corrected chi connectivity index (χ0v) is 26.6. The lowest BCUT2D eigenvalue weighted by atomic mass is 9.66. The van der Waals surface area contributed by atoms with Crippen molar-refractivity contribution >= 4 is 46.2 Å². The van der Waals surface area contributed by atoms with Gasteiger partial charge < -0.3 is 19.8 Å². The molecule has 1 N–H and O–H groups in total. The molecule has 1 spiro atoms. The predicted octanol–water partition coefficient (Wildman–Crippen LogP) is 3.87. The van der Waals surface area contributed by atoms with E-state index in [9.17, 15) is 19.5 Å². The number of carbonyl (C=O) groups excluding carboxylic acids is 3. The zero-order valence-electron chi connectivity index (χ0n) is 25.8. The van der Waals surface area contributed by atoms with Crippen molar-refractivity contribution < 1.29 is 19.5 Å². The van der Waals surface area contributed by atoms with Crippen LogP contribution in [0.25, 0.3) is 11.0 Å². The Morgan fingerprint density at radius 1 is 1.09 bits per heavy atom. The lowest BCUT2D eigenvalue weighted by Gasteiger charge is -2.39.